The summed E-state index contributed by atoms with van der Waals surface area (Å²) < 4.78 is 19.2. The minimum Gasteiger partial charge on any atom is -0.436 e. The zero-order chi connectivity index (χ0) is 22.0. The van der Waals surface area contributed by atoms with Crippen LogP contribution in [0.25, 0.3) is 22.2 Å². The van der Waals surface area contributed by atoms with Gasteiger partial charge in [0.15, 0.2) is 5.58 Å². The zero-order valence-electron chi connectivity index (χ0n) is 16.0. The van der Waals surface area contributed by atoms with E-state index in [1.807, 2.05) is 0 Å². The fourth-order valence-electron chi connectivity index (χ4n) is 3.06. The Bertz CT molecular complexity index is 1280. The lowest BCUT2D eigenvalue weighted by molar-refractivity contribution is 0.0940. The molecule has 0 spiro atoms. The number of furan rings is 1. The largest absolute Gasteiger partial charge is 0.436 e. The van der Waals surface area contributed by atoms with Gasteiger partial charge >= 0.3 is 0 Å². The number of aliphatic hydroxyl groups is 1. The fourth-order valence-corrected chi connectivity index (χ4v) is 3.24. The first-order chi connectivity index (χ1) is 15.0. The number of fused-ring (bicyclic) bond motifs is 1. The molecule has 4 rings (SSSR count). The summed E-state index contributed by atoms with van der Waals surface area (Å²) in [6, 6.07) is 9.20. The molecular formula is C21H17ClFN5O3. The Balaban J connectivity index is 1.73. The number of amides is 1. The van der Waals surface area contributed by atoms with E-state index in [0.717, 1.165) is 0 Å². The average Bonchev–Trinajstić information content (AvgIpc) is 3.09. The second-order valence-electron chi connectivity index (χ2n) is 6.54. The van der Waals surface area contributed by atoms with Gasteiger partial charge in [0.05, 0.1) is 17.0 Å². The number of carbonyl (C=O) groups is 1. The molecule has 5 N–H and O–H groups in total. The highest BCUT2D eigenvalue weighted by molar-refractivity contribution is 6.31. The molecule has 0 radical (unpaired) electrons. The van der Waals surface area contributed by atoms with E-state index in [2.05, 4.69) is 20.6 Å². The van der Waals surface area contributed by atoms with Gasteiger partial charge in [0.1, 0.15) is 22.9 Å². The number of hydrogen-bond acceptors (Lipinski definition) is 7. The molecule has 0 bridgehead atoms. The van der Waals surface area contributed by atoms with Crippen LogP contribution in [-0.4, -0.2) is 34.1 Å². The number of rotatable bonds is 6. The third kappa shape index (κ3) is 4.14. The first-order valence-corrected chi connectivity index (χ1v) is 9.60. The molecule has 4 aromatic rings. The van der Waals surface area contributed by atoms with Crippen LogP contribution in [0, 0.1) is 5.82 Å². The normalized spacial score (nSPS) is 10.9. The summed E-state index contributed by atoms with van der Waals surface area (Å²) in [5.41, 5.74) is 8.74. The van der Waals surface area contributed by atoms with Crippen molar-refractivity contribution < 1.29 is 18.7 Å². The maximum absolute atomic E-state index is 13.5. The molecule has 0 fully saturated rings. The number of hydrogen-bond donors (Lipinski definition) is 4. The second kappa shape index (κ2) is 8.58. The van der Waals surface area contributed by atoms with E-state index < -0.39 is 11.7 Å². The minimum absolute atomic E-state index is 0.0254. The summed E-state index contributed by atoms with van der Waals surface area (Å²) >= 11 is 5.86. The Hall–Kier alpha value is -3.69. The molecule has 31 heavy (non-hydrogen) atoms. The molecular weight excluding hydrogens is 425 g/mol. The van der Waals surface area contributed by atoms with Gasteiger partial charge in [-0.15, -0.1) is 0 Å². The molecule has 3 aromatic heterocycles. The van der Waals surface area contributed by atoms with E-state index in [4.69, 9.17) is 26.9 Å². The van der Waals surface area contributed by atoms with Crippen LogP contribution >= 0.6 is 11.6 Å². The Morgan fingerprint density at radius 3 is 2.77 bits per heavy atom. The van der Waals surface area contributed by atoms with Gasteiger partial charge in [-0.05, 0) is 36.4 Å². The number of nitrogens with one attached hydrogen (secondary N) is 2. The maximum Gasteiger partial charge on any atom is 0.269 e. The van der Waals surface area contributed by atoms with Crippen molar-refractivity contribution in [2.75, 3.05) is 24.2 Å². The van der Waals surface area contributed by atoms with Crippen molar-refractivity contribution in [2.24, 2.45) is 0 Å². The highest BCUT2D eigenvalue weighted by Gasteiger charge is 2.18. The lowest BCUT2D eigenvalue weighted by atomic mass is 10.1. The van der Waals surface area contributed by atoms with Crippen molar-refractivity contribution in [1.29, 1.82) is 0 Å². The van der Waals surface area contributed by atoms with E-state index in [9.17, 15) is 9.18 Å². The van der Waals surface area contributed by atoms with Crippen LogP contribution in [0.5, 0.6) is 0 Å². The van der Waals surface area contributed by atoms with Gasteiger partial charge in [0.2, 0.25) is 5.88 Å². The van der Waals surface area contributed by atoms with E-state index in [0.29, 0.717) is 33.6 Å². The lowest BCUT2D eigenvalue weighted by Crippen LogP contribution is -2.27. The number of nitrogens with zero attached hydrogens (tertiary/aromatic N) is 2. The van der Waals surface area contributed by atoms with Crippen LogP contribution in [0.15, 0.2) is 53.2 Å². The number of aliphatic hydroxyl groups excluding tert-OH is 1. The van der Waals surface area contributed by atoms with Crippen molar-refractivity contribution in [1.82, 2.24) is 15.3 Å². The predicted octanol–water partition coefficient (Wildman–Crippen LogP) is 3.73. The van der Waals surface area contributed by atoms with Gasteiger partial charge in [-0.1, -0.05) is 11.6 Å². The Labute approximate surface area is 180 Å². The van der Waals surface area contributed by atoms with Crippen molar-refractivity contribution >= 4 is 45.7 Å². The quantitative estimate of drug-likeness (QED) is 0.359. The SMILES string of the molecule is Nc1oc2c(-c3ccnc(C(=O)NCCO)c3)nccc2c1Nc1ccc(F)c(Cl)c1. The van der Waals surface area contributed by atoms with E-state index in [-0.39, 0.29) is 29.8 Å². The second-order valence-corrected chi connectivity index (χ2v) is 6.95. The van der Waals surface area contributed by atoms with Crippen molar-refractivity contribution in [3.8, 4) is 11.3 Å². The van der Waals surface area contributed by atoms with E-state index in [1.165, 1.54) is 24.4 Å². The van der Waals surface area contributed by atoms with Gasteiger partial charge in [-0.3, -0.25) is 14.8 Å². The molecule has 0 saturated heterocycles. The van der Waals surface area contributed by atoms with Crippen molar-refractivity contribution in [3.05, 3.63) is 65.3 Å². The standard InChI is InChI=1S/C21H17ClFN5O3/c22-14-10-12(1-2-15(14)23)28-18-13-4-6-26-17(19(13)31-20(18)24)11-3-5-25-16(9-11)21(30)27-7-8-29/h1-6,9-10,28-29H,7-8,24H2,(H,27,30). The van der Waals surface area contributed by atoms with Crippen molar-refractivity contribution in [2.45, 2.75) is 0 Å². The first kappa shape index (κ1) is 20.6. The van der Waals surface area contributed by atoms with Crippen LogP contribution in [0.4, 0.5) is 21.6 Å². The number of aromatic nitrogens is 2. The summed E-state index contributed by atoms with van der Waals surface area (Å²) in [4.78, 5) is 20.6. The number of pyridine rings is 2. The van der Waals surface area contributed by atoms with E-state index >= 15 is 0 Å². The van der Waals surface area contributed by atoms with Gasteiger partial charge < -0.3 is 25.9 Å². The van der Waals surface area contributed by atoms with Crippen LogP contribution in [0.1, 0.15) is 10.5 Å². The maximum atomic E-state index is 13.5. The number of nitrogens with two attached hydrogens (primary N) is 1. The summed E-state index contributed by atoms with van der Waals surface area (Å²) in [7, 11) is 0. The topological polar surface area (TPSA) is 126 Å². The highest BCUT2D eigenvalue weighted by atomic mass is 35.5. The summed E-state index contributed by atoms with van der Waals surface area (Å²) in [6.45, 7) is -0.0528. The molecule has 0 aliphatic carbocycles. The van der Waals surface area contributed by atoms with E-state index in [1.54, 1.807) is 24.4 Å². The summed E-state index contributed by atoms with van der Waals surface area (Å²) in [6.07, 6.45) is 3.07. The Kier molecular flexibility index (Phi) is 5.70. The van der Waals surface area contributed by atoms with Gasteiger partial charge in [0, 0.05) is 30.2 Å². The van der Waals surface area contributed by atoms with Gasteiger partial charge in [-0.25, -0.2) is 4.39 Å². The Morgan fingerprint density at radius 2 is 2.00 bits per heavy atom. The molecule has 10 heteroatoms. The molecule has 8 nitrogen and oxygen atoms in total. The lowest BCUT2D eigenvalue weighted by Gasteiger charge is -2.07. The first-order valence-electron chi connectivity index (χ1n) is 9.22. The number of nitrogen functional groups attached to an aromatic ring is 1. The number of carbonyl (C=O) groups excluding carboxylic acids is 1. The molecule has 0 atom stereocenters. The number of halogens is 2. The van der Waals surface area contributed by atoms with Crippen LogP contribution in [-0.2, 0) is 0 Å². The monoisotopic (exact) mass is 441 g/mol. The smallest absolute Gasteiger partial charge is 0.269 e. The Morgan fingerprint density at radius 1 is 1.19 bits per heavy atom. The molecule has 158 valence electrons. The molecule has 0 aliphatic rings. The number of anilines is 3. The minimum atomic E-state index is -0.528. The average molecular weight is 442 g/mol. The third-order valence-corrected chi connectivity index (χ3v) is 4.77. The van der Waals surface area contributed by atoms with Crippen LogP contribution in [0.2, 0.25) is 5.02 Å². The molecule has 0 saturated carbocycles. The molecule has 1 aromatic carbocycles. The molecule has 3 heterocycles. The van der Waals surface area contributed by atoms with Crippen LogP contribution in [0.3, 0.4) is 0 Å². The van der Waals surface area contributed by atoms with Crippen LogP contribution < -0.4 is 16.4 Å². The van der Waals surface area contributed by atoms with Gasteiger partial charge in [0.25, 0.3) is 5.91 Å². The molecule has 0 aliphatic heterocycles. The highest BCUT2D eigenvalue weighted by Crippen LogP contribution is 2.39. The van der Waals surface area contributed by atoms with Crippen molar-refractivity contribution in [3.63, 3.8) is 0 Å². The molecule has 0 unspecified atom stereocenters. The molecule has 1 amide bonds. The fraction of sp³-hybridized carbons (Fsp3) is 0.0952. The third-order valence-electron chi connectivity index (χ3n) is 4.48. The predicted molar refractivity (Wildman–Crippen MR) is 116 cm³/mol. The zero-order valence-corrected chi connectivity index (χ0v) is 16.8. The summed E-state index contributed by atoms with van der Waals surface area (Å²) in [5, 5.41) is 15.1. The number of benzene rings is 1. The van der Waals surface area contributed by atoms with Gasteiger partial charge in [-0.2, -0.15) is 0 Å². The summed E-state index contributed by atoms with van der Waals surface area (Å²) in [5.74, 6) is -0.836.